The van der Waals surface area contributed by atoms with Crippen molar-refractivity contribution in [3.63, 3.8) is 0 Å². The molecule has 0 saturated heterocycles. The maximum Gasteiger partial charge on any atom is 0.309 e. The zero-order valence-electron chi connectivity index (χ0n) is 9.96. The number of nitrogens with zero attached hydrogens (tertiary/aromatic N) is 1. The number of carboxylic acids is 1. The lowest BCUT2D eigenvalue weighted by molar-refractivity contribution is -0.136. The smallest absolute Gasteiger partial charge is 0.309 e. The number of carbonyl (C=O) groups excluding carboxylic acids is 1. The zero-order chi connectivity index (χ0) is 13.1. The lowest BCUT2D eigenvalue weighted by Gasteiger charge is -1.96. The van der Waals surface area contributed by atoms with Gasteiger partial charge in [0.25, 0.3) is 0 Å². The minimum Gasteiger partial charge on any atom is -0.481 e. The molecular formula is C14H13NO3. The molecule has 0 aliphatic carbocycles. The number of ketones is 1. The molecule has 1 heterocycles. The first-order valence-corrected chi connectivity index (χ1v) is 5.54. The number of hydrogen-bond donors (Lipinski definition) is 1. The number of aryl methyl sites for hydroxylation is 1. The van der Waals surface area contributed by atoms with Gasteiger partial charge in [-0.1, -0.05) is 30.3 Å². The van der Waals surface area contributed by atoms with E-state index in [1.54, 1.807) is 48.1 Å². The topological polar surface area (TPSA) is 59.3 Å². The summed E-state index contributed by atoms with van der Waals surface area (Å²) in [4.78, 5) is 22.8. The fraction of sp³-hybridized carbons (Fsp3) is 0.143. The van der Waals surface area contributed by atoms with Crippen molar-refractivity contribution >= 4 is 11.8 Å². The van der Waals surface area contributed by atoms with E-state index >= 15 is 0 Å². The van der Waals surface area contributed by atoms with E-state index in [2.05, 4.69) is 0 Å². The Morgan fingerprint density at radius 2 is 1.83 bits per heavy atom. The molecule has 0 aliphatic heterocycles. The van der Waals surface area contributed by atoms with Crippen molar-refractivity contribution in [1.82, 2.24) is 4.57 Å². The summed E-state index contributed by atoms with van der Waals surface area (Å²) in [7, 11) is 1.74. The molecule has 1 aromatic carbocycles. The SMILES string of the molecule is Cn1cc(C(=O)c2ccccc2)cc1CC(=O)O. The van der Waals surface area contributed by atoms with E-state index in [0.717, 1.165) is 0 Å². The molecule has 0 saturated carbocycles. The molecule has 1 N–H and O–H groups in total. The molecule has 1 aromatic heterocycles. The van der Waals surface area contributed by atoms with Crippen molar-refractivity contribution in [2.24, 2.45) is 7.05 Å². The maximum atomic E-state index is 12.1. The van der Waals surface area contributed by atoms with Crippen LogP contribution in [-0.2, 0) is 18.3 Å². The van der Waals surface area contributed by atoms with Crippen LogP contribution in [0.4, 0.5) is 0 Å². The van der Waals surface area contributed by atoms with Crippen molar-refractivity contribution < 1.29 is 14.7 Å². The summed E-state index contributed by atoms with van der Waals surface area (Å²) in [6, 6.07) is 10.6. The van der Waals surface area contributed by atoms with Crippen LogP contribution in [0.25, 0.3) is 0 Å². The Hall–Kier alpha value is -2.36. The van der Waals surface area contributed by atoms with Gasteiger partial charge < -0.3 is 9.67 Å². The number of aliphatic carboxylic acids is 1. The molecule has 2 aromatic rings. The first kappa shape index (κ1) is 12.1. The predicted octanol–water partition coefficient (Wildman–Crippen LogP) is 1.88. The monoisotopic (exact) mass is 243 g/mol. The van der Waals surface area contributed by atoms with Crippen LogP contribution < -0.4 is 0 Å². The Labute approximate surface area is 104 Å². The molecule has 0 atom stereocenters. The average molecular weight is 243 g/mol. The summed E-state index contributed by atoms with van der Waals surface area (Å²) >= 11 is 0. The molecule has 92 valence electrons. The van der Waals surface area contributed by atoms with Gasteiger partial charge in [0.1, 0.15) is 0 Å². The number of benzene rings is 1. The second-order valence-corrected chi connectivity index (χ2v) is 4.10. The highest BCUT2D eigenvalue weighted by atomic mass is 16.4. The number of rotatable bonds is 4. The van der Waals surface area contributed by atoms with Crippen LogP contribution in [0.5, 0.6) is 0 Å². The van der Waals surface area contributed by atoms with Crippen LogP contribution in [0.3, 0.4) is 0 Å². The highest BCUT2D eigenvalue weighted by Crippen LogP contribution is 2.13. The van der Waals surface area contributed by atoms with Crippen molar-refractivity contribution in [2.75, 3.05) is 0 Å². The van der Waals surface area contributed by atoms with E-state index in [-0.39, 0.29) is 12.2 Å². The normalized spacial score (nSPS) is 10.3. The fourth-order valence-electron chi connectivity index (χ4n) is 1.82. The van der Waals surface area contributed by atoms with Crippen LogP contribution in [0.1, 0.15) is 21.6 Å². The van der Waals surface area contributed by atoms with Crippen LogP contribution in [0.2, 0.25) is 0 Å². The largest absolute Gasteiger partial charge is 0.481 e. The summed E-state index contributed by atoms with van der Waals surface area (Å²) in [5.41, 5.74) is 1.73. The number of aromatic nitrogens is 1. The van der Waals surface area contributed by atoms with E-state index in [1.165, 1.54) is 0 Å². The Balaban J connectivity index is 2.30. The minimum atomic E-state index is -0.907. The molecule has 0 bridgehead atoms. The van der Waals surface area contributed by atoms with Gasteiger partial charge in [-0.3, -0.25) is 9.59 Å². The summed E-state index contributed by atoms with van der Waals surface area (Å²) in [5.74, 6) is -1.00. The van der Waals surface area contributed by atoms with Crippen LogP contribution >= 0.6 is 0 Å². The molecule has 0 aliphatic rings. The summed E-state index contributed by atoms with van der Waals surface area (Å²) < 4.78 is 1.67. The van der Waals surface area contributed by atoms with Gasteiger partial charge in [0.05, 0.1) is 6.42 Å². The van der Waals surface area contributed by atoms with Crippen LogP contribution in [0.15, 0.2) is 42.6 Å². The number of carboxylic acid groups (broad SMARTS) is 1. The second kappa shape index (κ2) is 4.87. The third-order valence-corrected chi connectivity index (χ3v) is 2.74. The standard InChI is InChI=1S/C14H13NO3/c1-15-9-11(7-12(15)8-13(16)17)14(18)10-5-3-2-4-6-10/h2-7,9H,8H2,1H3,(H,16,17). The van der Waals surface area contributed by atoms with Gasteiger partial charge in [0.15, 0.2) is 5.78 Å². The summed E-state index contributed by atoms with van der Waals surface area (Å²) in [6.45, 7) is 0. The Bertz CT molecular complexity index is 584. The second-order valence-electron chi connectivity index (χ2n) is 4.10. The predicted molar refractivity (Wildman–Crippen MR) is 66.6 cm³/mol. The Morgan fingerprint density at radius 3 is 2.44 bits per heavy atom. The third kappa shape index (κ3) is 2.48. The first-order valence-electron chi connectivity index (χ1n) is 5.54. The third-order valence-electron chi connectivity index (χ3n) is 2.74. The zero-order valence-corrected chi connectivity index (χ0v) is 9.96. The number of hydrogen-bond acceptors (Lipinski definition) is 2. The highest BCUT2D eigenvalue weighted by molar-refractivity contribution is 6.09. The minimum absolute atomic E-state index is 0.0848. The van der Waals surface area contributed by atoms with Gasteiger partial charge in [-0.2, -0.15) is 0 Å². The Morgan fingerprint density at radius 1 is 1.17 bits per heavy atom. The van der Waals surface area contributed by atoms with E-state index in [1.807, 2.05) is 6.07 Å². The van der Waals surface area contributed by atoms with Gasteiger partial charge >= 0.3 is 5.97 Å². The molecule has 4 heteroatoms. The van der Waals surface area contributed by atoms with Gasteiger partial charge in [-0.25, -0.2) is 0 Å². The van der Waals surface area contributed by atoms with Gasteiger partial charge in [-0.15, -0.1) is 0 Å². The lowest BCUT2D eigenvalue weighted by Crippen LogP contribution is -2.04. The molecule has 4 nitrogen and oxygen atoms in total. The van der Waals surface area contributed by atoms with Gasteiger partial charge in [0, 0.05) is 30.1 Å². The molecule has 0 radical (unpaired) electrons. The molecular weight excluding hydrogens is 230 g/mol. The van der Waals surface area contributed by atoms with E-state index in [4.69, 9.17) is 5.11 Å². The van der Waals surface area contributed by atoms with Crippen molar-refractivity contribution in [3.05, 3.63) is 59.4 Å². The highest BCUT2D eigenvalue weighted by Gasteiger charge is 2.13. The van der Waals surface area contributed by atoms with E-state index in [0.29, 0.717) is 16.8 Å². The molecule has 2 rings (SSSR count). The van der Waals surface area contributed by atoms with Crippen LogP contribution in [-0.4, -0.2) is 21.4 Å². The maximum absolute atomic E-state index is 12.1. The van der Waals surface area contributed by atoms with Gasteiger partial charge in [0.2, 0.25) is 0 Å². The van der Waals surface area contributed by atoms with Crippen molar-refractivity contribution in [3.8, 4) is 0 Å². The van der Waals surface area contributed by atoms with Crippen molar-refractivity contribution in [2.45, 2.75) is 6.42 Å². The van der Waals surface area contributed by atoms with Crippen molar-refractivity contribution in [1.29, 1.82) is 0 Å². The molecule has 0 amide bonds. The van der Waals surface area contributed by atoms with Gasteiger partial charge in [-0.05, 0) is 6.07 Å². The first-order chi connectivity index (χ1) is 8.58. The number of carbonyl (C=O) groups is 2. The quantitative estimate of drug-likeness (QED) is 0.834. The lowest BCUT2D eigenvalue weighted by atomic mass is 10.1. The van der Waals surface area contributed by atoms with Crippen LogP contribution in [0, 0.1) is 0 Å². The summed E-state index contributed by atoms with van der Waals surface area (Å²) in [6.07, 6.45) is 1.58. The van der Waals surface area contributed by atoms with E-state index < -0.39 is 5.97 Å². The van der Waals surface area contributed by atoms with E-state index in [9.17, 15) is 9.59 Å². The molecule has 0 fully saturated rings. The molecule has 0 spiro atoms. The molecule has 18 heavy (non-hydrogen) atoms. The fourth-order valence-corrected chi connectivity index (χ4v) is 1.82. The summed E-state index contributed by atoms with van der Waals surface area (Å²) in [5, 5.41) is 8.76. The Kier molecular flexibility index (Phi) is 3.28. The molecule has 0 unspecified atom stereocenters. The average Bonchev–Trinajstić information content (AvgIpc) is 2.70.